The number of amides is 1. The van der Waals surface area contributed by atoms with Crippen molar-refractivity contribution in [2.45, 2.75) is 39.2 Å². The number of ether oxygens (including phenoxy) is 2. The number of aromatic nitrogens is 1. The molecule has 1 saturated heterocycles. The van der Waals surface area contributed by atoms with Crippen LogP contribution in [0.2, 0.25) is 5.15 Å². The van der Waals surface area contributed by atoms with Crippen LogP contribution in [-0.2, 0) is 20.7 Å². The number of nitrogens with zero attached hydrogens (tertiary/aromatic N) is 2. The maximum Gasteiger partial charge on any atom is 0.410 e. The number of methoxy groups -OCH3 is 1. The SMILES string of the molecule is COC(=O)C(Cc1ccc(Cl)nc1)[C@H]1CCN(C(=O)OC(C)(C)C)C1. The first kappa shape index (κ1) is 19.5. The van der Waals surface area contributed by atoms with Crippen LogP contribution in [0.25, 0.3) is 0 Å². The molecule has 1 fully saturated rings. The van der Waals surface area contributed by atoms with Gasteiger partial charge in [-0.15, -0.1) is 0 Å². The lowest BCUT2D eigenvalue weighted by Gasteiger charge is -2.25. The molecule has 25 heavy (non-hydrogen) atoms. The van der Waals surface area contributed by atoms with Crippen LogP contribution in [0.5, 0.6) is 0 Å². The zero-order valence-corrected chi connectivity index (χ0v) is 15.9. The van der Waals surface area contributed by atoms with Crippen molar-refractivity contribution in [3.8, 4) is 0 Å². The number of rotatable bonds is 4. The van der Waals surface area contributed by atoms with E-state index in [1.54, 1.807) is 17.2 Å². The van der Waals surface area contributed by atoms with Crippen LogP contribution in [0.4, 0.5) is 4.79 Å². The van der Waals surface area contributed by atoms with E-state index in [1.165, 1.54) is 7.11 Å². The van der Waals surface area contributed by atoms with Gasteiger partial charge < -0.3 is 14.4 Å². The van der Waals surface area contributed by atoms with Crippen molar-refractivity contribution in [1.29, 1.82) is 0 Å². The maximum atomic E-state index is 12.3. The second kappa shape index (κ2) is 8.04. The molecule has 1 unspecified atom stereocenters. The average molecular weight is 369 g/mol. The lowest BCUT2D eigenvalue weighted by atomic mass is 9.86. The highest BCUT2D eigenvalue weighted by Gasteiger charge is 2.37. The average Bonchev–Trinajstić information content (AvgIpc) is 3.02. The van der Waals surface area contributed by atoms with Crippen molar-refractivity contribution in [3.63, 3.8) is 0 Å². The molecule has 2 heterocycles. The van der Waals surface area contributed by atoms with Crippen molar-refractivity contribution in [2.75, 3.05) is 20.2 Å². The molecule has 2 atom stereocenters. The van der Waals surface area contributed by atoms with E-state index < -0.39 is 5.60 Å². The molecule has 6 nitrogen and oxygen atoms in total. The second-order valence-corrected chi connectivity index (χ2v) is 7.69. The van der Waals surface area contributed by atoms with E-state index >= 15 is 0 Å². The van der Waals surface area contributed by atoms with Gasteiger partial charge in [0.15, 0.2) is 0 Å². The molecular formula is C18H25ClN2O4. The van der Waals surface area contributed by atoms with Crippen LogP contribution in [0, 0.1) is 11.8 Å². The quantitative estimate of drug-likeness (QED) is 0.602. The largest absolute Gasteiger partial charge is 0.469 e. The number of carbonyl (C=O) groups is 2. The highest BCUT2D eigenvalue weighted by atomic mass is 35.5. The Hall–Kier alpha value is -1.82. The number of esters is 1. The van der Waals surface area contributed by atoms with Gasteiger partial charge in [0.1, 0.15) is 10.8 Å². The molecule has 0 aromatic carbocycles. The summed E-state index contributed by atoms with van der Waals surface area (Å²) >= 11 is 5.81. The molecule has 2 rings (SSSR count). The molecule has 0 saturated carbocycles. The van der Waals surface area contributed by atoms with Gasteiger partial charge in [-0.05, 0) is 51.2 Å². The number of likely N-dealkylation sites (tertiary alicyclic amines) is 1. The lowest BCUT2D eigenvalue weighted by Crippen LogP contribution is -2.36. The fourth-order valence-electron chi connectivity index (χ4n) is 2.98. The van der Waals surface area contributed by atoms with Gasteiger partial charge in [-0.2, -0.15) is 0 Å². The third-order valence-corrected chi connectivity index (χ3v) is 4.42. The number of hydrogen-bond acceptors (Lipinski definition) is 5. The topological polar surface area (TPSA) is 68.7 Å². The summed E-state index contributed by atoms with van der Waals surface area (Å²) in [6.45, 7) is 6.57. The van der Waals surface area contributed by atoms with Gasteiger partial charge in [0.25, 0.3) is 0 Å². The Bertz CT molecular complexity index is 612. The van der Waals surface area contributed by atoms with Crippen molar-refractivity contribution in [1.82, 2.24) is 9.88 Å². The smallest absolute Gasteiger partial charge is 0.410 e. The lowest BCUT2D eigenvalue weighted by molar-refractivity contribution is -0.147. The third-order valence-electron chi connectivity index (χ3n) is 4.19. The molecule has 0 spiro atoms. The molecule has 1 aromatic rings. The molecule has 1 aromatic heterocycles. The molecule has 7 heteroatoms. The first-order chi connectivity index (χ1) is 11.7. The first-order valence-corrected chi connectivity index (χ1v) is 8.73. The van der Waals surface area contributed by atoms with Crippen molar-refractivity contribution >= 4 is 23.7 Å². The van der Waals surface area contributed by atoms with Crippen molar-refractivity contribution in [2.24, 2.45) is 11.8 Å². The molecule has 0 radical (unpaired) electrons. The van der Waals surface area contributed by atoms with Crippen LogP contribution < -0.4 is 0 Å². The zero-order valence-electron chi connectivity index (χ0n) is 15.1. The van der Waals surface area contributed by atoms with E-state index in [1.807, 2.05) is 26.8 Å². The number of pyridine rings is 1. The van der Waals surface area contributed by atoms with Gasteiger partial charge in [0, 0.05) is 19.3 Å². The van der Waals surface area contributed by atoms with Crippen LogP contribution in [0.3, 0.4) is 0 Å². The Morgan fingerprint density at radius 2 is 2.12 bits per heavy atom. The van der Waals surface area contributed by atoms with E-state index in [-0.39, 0.29) is 23.9 Å². The Morgan fingerprint density at radius 1 is 1.40 bits per heavy atom. The van der Waals surface area contributed by atoms with E-state index in [0.29, 0.717) is 24.7 Å². The van der Waals surface area contributed by atoms with E-state index in [2.05, 4.69) is 4.98 Å². The van der Waals surface area contributed by atoms with Gasteiger partial charge in [-0.1, -0.05) is 17.7 Å². The highest BCUT2D eigenvalue weighted by molar-refractivity contribution is 6.29. The Morgan fingerprint density at radius 3 is 2.68 bits per heavy atom. The Balaban J connectivity index is 2.05. The standard InChI is InChI=1S/C18H25ClN2O4/c1-18(2,3)25-17(23)21-8-7-13(11-21)14(16(22)24-4)9-12-5-6-15(19)20-10-12/h5-6,10,13-14H,7-9,11H2,1-4H3/t13-,14?/m0/s1. The monoisotopic (exact) mass is 368 g/mol. The summed E-state index contributed by atoms with van der Waals surface area (Å²) in [5.41, 5.74) is 0.377. The predicted octanol–water partition coefficient (Wildman–Crippen LogP) is 3.32. The van der Waals surface area contributed by atoms with E-state index in [0.717, 1.165) is 12.0 Å². The molecule has 1 amide bonds. The summed E-state index contributed by atoms with van der Waals surface area (Å²) < 4.78 is 10.4. The fourth-order valence-corrected chi connectivity index (χ4v) is 3.09. The molecule has 1 aliphatic rings. The molecule has 138 valence electrons. The molecule has 0 N–H and O–H groups in total. The van der Waals surface area contributed by atoms with Gasteiger partial charge in [-0.3, -0.25) is 4.79 Å². The highest BCUT2D eigenvalue weighted by Crippen LogP contribution is 2.29. The van der Waals surface area contributed by atoms with E-state index in [4.69, 9.17) is 21.1 Å². The van der Waals surface area contributed by atoms with Gasteiger partial charge in [0.2, 0.25) is 0 Å². The summed E-state index contributed by atoms with van der Waals surface area (Å²) in [4.78, 5) is 30.2. The van der Waals surface area contributed by atoms with Crippen molar-refractivity contribution in [3.05, 3.63) is 29.0 Å². The zero-order chi connectivity index (χ0) is 18.6. The van der Waals surface area contributed by atoms with Crippen molar-refractivity contribution < 1.29 is 19.1 Å². The van der Waals surface area contributed by atoms with E-state index in [9.17, 15) is 9.59 Å². The van der Waals surface area contributed by atoms with Gasteiger partial charge in [-0.25, -0.2) is 9.78 Å². The molecule has 0 aliphatic carbocycles. The van der Waals surface area contributed by atoms with Crippen LogP contribution in [0.15, 0.2) is 18.3 Å². The normalized spacial score (nSPS) is 18.8. The summed E-state index contributed by atoms with van der Waals surface area (Å²) in [6.07, 6.45) is 2.56. The number of hydrogen-bond donors (Lipinski definition) is 0. The third kappa shape index (κ3) is 5.59. The minimum Gasteiger partial charge on any atom is -0.469 e. The Kier molecular flexibility index (Phi) is 6.27. The second-order valence-electron chi connectivity index (χ2n) is 7.30. The van der Waals surface area contributed by atoms with Gasteiger partial charge in [0.05, 0.1) is 13.0 Å². The maximum absolute atomic E-state index is 12.3. The number of carbonyl (C=O) groups excluding carboxylic acids is 2. The predicted molar refractivity (Wildman–Crippen MR) is 94.4 cm³/mol. The summed E-state index contributed by atoms with van der Waals surface area (Å²) in [5.74, 6) is -0.581. The molecular weight excluding hydrogens is 344 g/mol. The van der Waals surface area contributed by atoms with Gasteiger partial charge >= 0.3 is 12.1 Å². The molecule has 1 aliphatic heterocycles. The van der Waals surface area contributed by atoms with Crippen LogP contribution in [0.1, 0.15) is 32.8 Å². The van der Waals surface area contributed by atoms with Crippen LogP contribution in [-0.4, -0.2) is 47.7 Å². The number of halogens is 1. The molecule has 0 bridgehead atoms. The Labute approximate surface area is 153 Å². The van der Waals surface area contributed by atoms with Crippen LogP contribution >= 0.6 is 11.6 Å². The summed E-state index contributed by atoms with van der Waals surface area (Å²) in [5, 5.41) is 0.412. The minimum atomic E-state index is -0.536. The fraction of sp³-hybridized carbons (Fsp3) is 0.611. The minimum absolute atomic E-state index is 0.0237. The first-order valence-electron chi connectivity index (χ1n) is 8.36. The summed E-state index contributed by atoms with van der Waals surface area (Å²) in [6, 6.07) is 3.55. The summed E-state index contributed by atoms with van der Waals surface area (Å²) in [7, 11) is 1.38.